The molecule has 4 rings (SSSR count). The Balaban J connectivity index is 1.55. The van der Waals surface area contributed by atoms with Crippen molar-refractivity contribution in [3.8, 4) is 0 Å². The largest absolute Gasteiger partial charge is 0.463 e. The van der Waals surface area contributed by atoms with Crippen molar-refractivity contribution in [1.82, 2.24) is 0 Å². The van der Waals surface area contributed by atoms with Crippen molar-refractivity contribution in [1.29, 1.82) is 0 Å². The summed E-state index contributed by atoms with van der Waals surface area (Å²) in [5.41, 5.74) is 1.89. The van der Waals surface area contributed by atoms with Crippen LogP contribution in [0.5, 0.6) is 0 Å². The first kappa shape index (κ1) is 22.1. The van der Waals surface area contributed by atoms with Crippen molar-refractivity contribution in [2.24, 2.45) is 40.4 Å². The number of esters is 1. The second-order valence-corrected chi connectivity index (χ2v) is 11.6. The highest BCUT2D eigenvalue weighted by Crippen LogP contribution is 2.66. The third-order valence-electron chi connectivity index (χ3n) is 9.84. The van der Waals surface area contributed by atoms with Gasteiger partial charge in [-0.1, -0.05) is 38.5 Å². The van der Waals surface area contributed by atoms with Crippen LogP contribution < -0.4 is 0 Å². The summed E-state index contributed by atoms with van der Waals surface area (Å²) in [5.74, 6) is 2.94. The van der Waals surface area contributed by atoms with Crippen molar-refractivity contribution in [3.05, 3.63) is 23.8 Å². The van der Waals surface area contributed by atoms with Crippen LogP contribution in [0.1, 0.15) is 86.0 Å². The van der Waals surface area contributed by atoms with Gasteiger partial charge in [-0.15, -0.1) is 0 Å². The summed E-state index contributed by atoms with van der Waals surface area (Å²) in [6, 6.07) is 0. The Bertz CT molecular complexity index is 734. The Morgan fingerprint density at radius 2 is 2.00 bits per heavy atom. The second-order valence-electron chi connectivity index (χ2n) is 11.6. The van der Waals surface area contributed by atoms with E-state index in [0.717, 1.165) is 31.1 Å². The molecule has 0 spiro atoms. The van der Waals surface area contributed by atoms with E-state index in [9.17, 15) is 9.90 Å². The average Bonchev–Trinajstić information content (AvgIpc) is 3.04. The van der Waals surface area contributed by atoms with Crippen molar-refractivity contribution >= 4 is 5.97 Å². The van der Waals surface area contributed by atoms with E-state index in [-0.39, 0.29) is 5.97 Å². The first-order valence-electron chi connectivity index (χ1n) is 12.4. The summed E-state index contributed by atoms with van der Waals surface area (Å²) in [4.78, 5) is 11.8. The van der Waals surface area contributed by atoms with Crippen LogP contribution in [0.15, 0.2) is 23.8 Å². The van der Waals surface area contributed by atoms with E-state index in [0.29, 0.717) is 35.2 Å². The lowest BCUT2D eigenvalue weighted by Crippen LogP contribution is -2.50. The van der Waals surface area contributed by atoms with Crippen LogP contribution >= 0.6 is 0 Å². The van der Waals surface area contributed by atoms with Crippen molar-refractivity contribution < 1.29 is 14.6 Å². The van der Waals surface area contributed by atoms with E-state index in [1.54, 1.807) is 11.6 Å². The fourth-order valence-electron chi connectivity index (χ4n) is 8.16. The molecule has 3 nitrogen and oxygen atoms in total. The van der Waals surface area contributed by atoms with Gasteiger partial charge in [-0.2, -0.15) is 0 Å². The molecule has 0 heterocycles. The van der Waals surface area contributed by atoms with Gasteiger partial charge in [-0.25, -0.2) is 4.79 Å². The molecular weight excluding hydrogens is 372 g/mol. The van der Waals surface area contributed by atoms with Crippen LogP contribution in [-0.2, 0) is 9.53 Å². The zero-order chi connectivity index (χ0) is 21.7. The molecule has 0 aliphatic heterocycles. The molecule has 8 atom stereocenters. The zero-order valence-corrected chi connectivity index (χ0v) is 19.7. The van der Waals surface area contributed by atoms with Gasteiger partial charge in [-0.3, -0.25) is 0 Å². The van der Waals surface area contributed by atoms with Crippen LogP contribution in [-0.4, -0.2) is 23.3 Å². The van der Waals surface area contributed by atoms with E-state index >= 15 is 0 Å². The maximum absolute atomic E-state index is 11.8. The lowest BCUT2D eigenvalue weighted by molar-refractivity contribution is -0.137. The molecule has 3 saturated carbocycles. The Kier molecular flexibility index (Phi) is 5.75. The van der Waals surface area contributed by atoms with Crippen LogP contribution in [0.4, 0.5) is 0 Å². The van der Waals surface area contributed by atoms with E-state index in [1.165, 1.54) is 32.1 Å². The van der Waals surface area contributed by atoms with Gasteiger partial charge < -0.3 is 9.84 Å². The van der Waals surface area contributed by atoms with Crippen LogP contribution in [0.25, 0.3) is 0 Å². The van der Waals surface area contributed by atoms with Gasteiger partial charge in [0.05, 0.1) is 12.2 Å². The number of hydrogen-bond donors (Lipinski definition) is 1. The predicted octanol–water partition coefficient (Wildman–Crippen LogP) is 6.07. The second kappa shape index (κ2) is 7.80. The highest BCUT2D eigenvalue weighted by molar-refractivity contribution is 5.81. The van der Waals surface area contributed by atoms with Gasteiger partial charge in [0, 0.05) is 6.08 Å². The molecule has 3 fully saturated rings. The van der Waals surface area contributed by atoms with Crippen molar-refractivity contribution in [2.45, 2.75) is 91.6 Å². The van der Waals surface area contributed by atoms with Crippen LogP contribution in [0.2, 0.25) is 0 Å². The predicted molar refractivity (Wildman–Crippen MR) is 121 cm³/mol. The lowest BCUT2D eigenvalue weighted by Gasteiger charge is -2.58. The minimum absolute atomic E-state index is 0.214. The van der Waals surface area contributed by atoms with Crippen LogP contribution in [0, 0.1) is 40.4 Å². The Morgan fingerprint density at radius 3 is 2.73 bits per heavy atom. The highest BCUT2D eigenvalue weighted by atomic mass is 16.5. The average molecular weight is 415 g/mol. The normalized spacial score (nSPS) is 46.5. The van der Waals surface area contributed by atoms with Gasteiger partial charge in [-0.05, 0) is 106 Å². The number of allylic oxidation sites excluding steroid dienone is 3. The lowest BCUT2D eigenvalue weighted by atomic mass is 9.47. The third kappa shape index (κ3) is 3.59. The fraction of sp³-hybridized carbons (Fsp3) is 0.815. The molecular formula is C27H42O3. The summed E-state index contributed by atoms with van der Waals surface area (Å²) in [6.45, 7) is 11.6. The van der Waals surface area contributed by atoms with Gasteiger partial charge in [0.2, 0.25) is 0 Å². The van der Waals surface area contributed by atoms with Gasteiger partial charge >= 0.3 is 5.97 Å². The molecule has 1 unspecified atom stereocenters. The summed E-state index contributed by atoms with van der Waals surface area (Å²) in [7, 11) is 0. The van der Waals surface area contributed by atoms with Gasteiger partial charge in [0.15, 0.2) is 0 Å². The maximum atomic E-state index is 11.8. The third-order valence-corrected chi connectivity index (χ3v) is 9.84. The highest BCUT2D eigenvalue weighted by Gasteiger charge is 2.58. The van der Waals surface area contributed by atoms with Crippen molar-refractivity contribution in [2.75, 3.05) is 6.61 Å². The van der Waals surface area contributed by atoms with E-state index in [2.05, 4.69) is 32.9 Å². The zero-order valence-electron chi connectivity index (χ0n) is 19.7. The number of ether oxygens (including phenoxy) is 1. The Hall–Kier alpha value is -1.09. The van der Waals surface area contributed by atoms with E-state index < -0.39 is 5.60 Å². The monoisotopic (exact) mass is 414 g/mol. The number of rotatable bonds is 4. The molecule has 3 heteroatoms. The number of carbonyl (C=O) groups is 1. The first-order chi connectivity index (χ1) is 14.1. The molecule has 168 valence electrons. The summed E-state index contributed by atoms with van der Waals surface area (Å²) < 4.78 is 5.08. The molecule has 4 aliphatic rings. The number of aliphatic hydroxyl groups is 1. The van der Waals surface area contributed by atoms with E-state index in [1.807, 2.05) is 13.8 Å². The number of carbonyl (C=O) groups excluding carboxylic acids is 1. The number of hydrogen-bond acceptors (Lipinski definition) is 3. The van der Waals surface area contributed by atoms with Gasteiger partial charge in [0.25, 0.3) is 0 Å². The number of fused-ring (bicyclic) bond motifs is 5. The van der Waals surface area contributed by atoms with Crippen LogP contribution in [0.3, 0.4) is 0 Å². The van der Waals surface area contributed by atoms with Crippen molar-refractivity contribution in [3.63, 3.8) is 0 Å². The fourth-order valence-corrected chi connectivity index (χ4v) is 8.16. The first-order valence-corrected chi connectivity index (χ1v) is 12.4. The Labute approximate surface area is 183 Å². The minimum Gasteiger partial charge on any atom is -0.463 e. The molecule has 0 bridgehead atoms. The Morgan fingerprint density at radius 1 is 1.23 bits per heavy atom. The molecule has 1 N–H and O–H groups in total. The quantitative estimate of drug-likeness (QED) is 0.345. The summed E-state index contributed by atoms with van der Waals surface area (Å²) in [5, 5.41) is 10.7. The molecule has 0 radical (unpaired) electrons. The molecule has 0 amide bonds. The molecule has 0 aromatic carbocycles. The van der Waals surface area contributed by atoms with Gasteiger partial charge in [0.1, 0.15) is 0 Å². The summed E-state index contributed by atoms with van der Waals surface area (Å²) >= 11 is 0. The topological polar surface area (TPSA) is 46.5 Å². The molecule has 4 aliphatic carbocycles. The van der Waals surface area contributed by atoms with E-state index in [4.69, 9.17) is 4.74 Å². The smallest absolute Gasteiger partial charge is 0.330 e. The maximum Gasteiger partial charge on any atom is 0.330 e. The molecule has 0 saturated heterocycles. The molecule has 30 heavy (non-hydrogen) atoms. The standard InChI is InChI=1S/C27H42O3/c1-6-30-24(28)12-7-18(2)21-10-11-22-20-9-8-19-17-25(3,29)15-16-26(19,4)23(20)13-14-27(21,22)5/h7,12-13,18-22,29H,6,8-11,14-17H2,1-5H3/b12-7+/t18-,19?,20+,21-,22+,25+,26+,27-/m1/s1. The summed E-state index contributed by atoms with van der Waals surface area (Å²) in [6.07, 6.45) is 15.7. The minimum atomic E-state index is -0.472. The molecule has 0 aromatic rings. The SMILES string of the molecule is CCOC(=O)/C=C/[C@@H](C)[C@H]1CC[C@H]2[C@@H]3CCC4C[C@@](C)(O)CC[C@]4(C)C3=CC[C@]12C. The molecule has 0 aromatic heterocycles.